The van der Waals surface area contributed by atoms with Crippen LogP contribution >= 0.6 is 0 Å². The van der Waals surface area contributed by atoms with E-state index in [9.17, 15) is 13.2 Å². The molecule has 1 aliphatic rings. The first kappa shape index (κ1) is 18.7. The number of morpholine rings is 1. The van der Waals surface area contributed by atoms with Crippen molar-refractivity contribution in [1.82, 2.24) is 19.7 Å². The summed E-state index contributed by atoms with van der Waals surface area (Å²) < 4.78 is 46.8. The third-order valence-corrected chi connectivity index (χ3v) is 4.97. The SMILES string of the molecule is Cc1nc(N2CC(c3cccc(C(F)(F)F)c3)OCC2C)c2cnn(C)c2n1. The lowest BCUT2D eigenvalue weighted by atomic mass is 10.0. The first-order chi connectivity index (χ1) is 13.2. The third-order valence-electron chi connectivity index (χ3n) is 4.97. The first-order valence-corrected chi connectivity index (χ1v) is 8.96. The summed E-state index contributed by atoms with van der Waals surface area (Å²) in [7, 11) is 1.81. The fraction of sp³-hybridized carbons (Fsp3) is 0.421. The van der Waals surface area contributed by atoms with Crippen LogP contribution in [0.4, 0.5) is 19.0 Å². The average molecular weight is 391 g/mol. The molecule has 1 fully saturated rings. The molecule has 0 N–H and O–H groups in total. The highest BCUT2D eigenvalue weighted by atomic mass is 19.4. The fourth-order valence-electron chi connectivity index (χ4n) is 3.50. The van der Waals surface area contributed by atoms with E-state index in [2.05, 4.69) is 20.0 Å². The van der Waals surface area contributed by atoms with Gasteiger partial charge in [0.15, 0.2) is 5.65 Å². The maximum atomic E-state index is 13.1. The topological polar surface area (TPSA) is 56.1 Å². The highest BCUT2D eigenvalue weighted by Crippen LogP contribution is 2.35. The summed E-state index contributed by atoms with van der Waals surface area (Å²) in [5.74, 6) is 1.34. The lowest BCUT2D eigenvalue weighted by Gasteiger charge is -2.39. The predicted octanol–water partition coefficient (Wildman–Crippen LogP) is 3.66. The van der Waals surface area contributed by atoms with E-state index in [4.69, 9.17) is 4.74 Å². The number of anilines is 1. The number of benzene rings is 1. The highest BCUT2D eigenvalue weighted by molar-refractivity contribution is 5.87. The monoisotopic (exact) mass is 391 g/mol. The molecule has 1 aromatic carbocycles. The second kappa shape index (κ2) is 6.73. The minimum absolute atomic E-state index is 0.0137. The zero-order valence-corrected chi connectivity index (χ0v) is 15.7. The molecule has 0 bridgehead atoms. The van der Waals surface area contributed by atoms with Gasteiger partial charge in [0.1, 0.15) is 17.7 Å². The van der Waals surface area contributed by atoms with Gasteiger partial charge >= 0.3 is 6.18 Å². The number of alkyl halides is 3. The van der Waals surface area contributed by atoms with Crippen LogP contribution in [0.2, 0.25) is 0 Å². The summed E-state index contributed by atoms with van der Waals surface area (Å²) in [6.07, 6.45) is -3.16. The summed E-state index contributed by atoms with van der Waals surface area (Å²) in [5, 5.41) is 5.07. The summed E-state index contributed by atoms with van der Waals surface area (Å²) in [6.45, 7) is 4.59. The number of halogens is 3. The maximum absolute atomic E-state index is 13.1. The van der Waals surface area contributed by atoms with Crippen LogP contribution in [0.1, 0.15) is 30.0 Å². The Labute approximate surface area is 160 Å². The van der Waals surface area contributed by atoms with Crippen molar-refractivity contribution < 1.29 is 17.9 Å². The number of rotatable bonds is 2. The quantitative estimate of drug-likeness (QED) is 0.667. The molecule has 1 aliphatic heterocycles. The molecule has 0 radical (unpaired) electrons. The van der Waals surface area contributed by atoms with Gasteiger partial charge in [0.05, 0.1) is 36.3 Å². The second-order valence-electron chi connectivity index (χ2n) is 7.05. The molecule has 2 aromatic heterocycles. The van der Waals surface area contributed by atoms with Gasteiger partial charge in [-0.3, -0.25) is 4.68 Å². The molecule has 9 heteroatoms. The van der Waals surface area contributed by atoms with Crippen LogP contribution in [-0.2, 0) is 18.0 Å². The van der Waals surface area contributed by atoms with Gasteiger partial charge in [-0.1, -0.05) is 12.1 Å². The molecule has 0 aliphatic carbocycles. The zero-order valence-electron chi connectivity index (χ0n) is 15.7. The van der Waals surface area contributed by atoms with Crippen molar-refractivity contribution in [2.75, 3.05) is 18.1 Å². The standard InChI is InChI=1S/C19H20F3N5O/c1-11-10-28-16(13-5-4-6-14(7-13)19(20,21)22)9-27(11)18-15-8-23-26(3)17(15)24-12(2)25-18/h4-8,11,16H,9-10H2,1-3H3. The van der Waals surface area contributed by atoms with Crippen molar-refractivity contribution >= 4 is 16.9 Å². The van der Waals surface area contributed by atoms with Gasteiger partial charge in [0.25, 0.3) is 0 Å². The third kappa shape index (κ3) is 3.30. The Morgan fingerprint density at radius 1 is 1.21 bits per heavy atom. The Hall–Kier alpha value is -2.68. The Morgan fingerprint density at radius 3 is 2.75 bits per heavy atom. The number of fused-ring (bicyclic) bond motifs is 1. The Kier molecular flexibility index (Phi) is 4.49. The smallest absolute Gasteiger partial charge is 0.370 e. The minimum atomic E-state index is -4.39. The summed E-state index contributed by atoms with van der Waals surface area (Å²) in [6, 6.07) is 5.32. The van der Waals surface area contributed by atoms with Gasteiger partial charge in [0.2, 0.25) is 0 Å². The van der Waals surface area contributed by atoms with Crippen LogP contribution in [0.3, 0.4) is 0 Å². The van der Waals surface area contributed by atoms with Crippen LogP contribution in [0.15, 0.2) is 30.5 Å². The van der Waals surface area contributed by atoms with E-state index in [1.807, 2.05) is 20.9 Å². The van der Waals surface area contributed by atoms with Crippen molar-refractivity contribution in [3.05, 3.63) is 47.4 Å². The second-order valence-corrected chi connectivity index (χ2v) is 7.05. The first-order valence-electron chi connectivity index (χ1n) is 8.96. The largest absolute Gasteiger partial charge is 0.416 e. The number of aryl methyl sites for hydroxylation is 2. The van der Waals surface area contributed by atoms with Crippen LogP contribution in [0.5, 0.6) is 0 Å². The van der Waals surface area contributed by atoms with Gasteiger partial charge in [0, 0.05) is 7.05 Å². The molecule has 3 aromatic rings. The summed E-state index contributed by atoms with van der Waals surface area (Å²) >= 11 is 0. The minimum Gasteiger partial charge on any atom is -0.370 e. The molecule has 0 amide bonds. The van der Waals surface area contributed by atoms with Gasteiger partial charge in [-0.25, -0.2) is 9.97 Å². The van der Waals surface area contributed by atoms with E-state index in [-0.39, 0.29) is 6.04 Å². The van der Waals surface area contributed by atoms with Crippen LogP contribution in [0.25, 0.3) is 11.0 Å². The molecule has 1 saturated heterocycles. The van der Waals surface area contributed by atoms with Gasteiger partial charge in [-0.15, -0.1) is 0 Å². The number of ether oxygens (including phenoxy) is 1. The van der Waals surface area contributed by atoms with Gasteiger partial charge in [-0.2, -0.15) is 18.3 Å². The molecular formula is C19H20F3N5O. The predicted molar refractivity (Wildman–Crippen MR) is 98.0 cm³/mol. The Bertz CT molecular complexity index is 1020. The van der Waals surface area contributed by atoms with E-state index in [0.717, 1.165) is 29.0 Å². The van der Waals surface area contributed by atoms with Crippen molar-refractivity contribution in [2.45, 2.75) is 32.2 Å². The van der Waals surface area contributed by atoms with Crippen LogP contribution < -0.4 is 4.90 Å². The molecule has 6 nitrogen and oxygen atoms in total. The summed E-state index contributed by atoms with van der Waals surface area (Å²) in [5.41, 5.74) is 0.544. The molecule has 3 heterocycles. The molecule has 148 valence electrons. The maximum Gasteiger partial charge on any atom is 0.416 e. The highest BCUT2D eigenvalue weighted by Gasteiger charge is 2.33. The lowest BCUT2D eigenvalue weighted by Crippen LogP contribution is -2.45. The number of hydrogen-bond acceptors (Lipinski definition) is 5. The molecule has 0 saturated carbocycles. The van der Waals surface area contributed by atoms with Gasteiger partial charge in [-0.05, 0) is 31.5 Å². The number of aromatic nitrogens is 4. The normalized spacial score (nSPS) is 20.7. The van der Waals surface area contributed by atoms with E-state index >= 15 is 0 Å². The van der Waals surface area contributed by atoms with Crippen molar-refractivity contribution in [3.8, 4) is 0 Å². The Balaban J connectivity index is 1.71. The molecule has 28 heavy (non-hydrogen) atoms. The molecule has 2 atom stereocenters. The molecule has 4 rings (SSSR count). The van der Waals surface area contributed by atoms with E-state index in [0.29, 0.717) is 24.5 Å². The average Bonchev–Trinajstić information content (AvgIpc) is 3.02. The molecule has 2 unspecified atom stereocenters. The number of hydrogen-bond donors (Lipinski definition) is 0. The Morgan fingerprint density at radius 2 is 2.00 bits per heavy atom. The summed E-state index contributed by atoms with van der Waals surface area (Å²) in [4.78, 5) is 11.1. The van der Waals surface area contributed by atoms with E-state index in [1.54, 1.807) is 16.9 Å². The van der Waals surface area contributed by atoms with E-state index in [1.165, 1.54) is 6.07 Å². The van der Waals surface area contributed by atoms with Gasteiger partial charge < -0.3 is 9.64 Å². The lowest BCUT2D eigenvalue weighted by molar-refractivity contribution is -0.137. The van der Waals surface area contributed by atoms with E-state index < -0.39 is 17.8 Å². The molecule has 0 spiro atoms. The van der Waals surface area contributed by atoms with Crippen LogP contribution in [-0.4, -0.2) is 38.9 Å². The number of nitrogens with zero attached hydrogens (tertiary/aromatic N) is 5. The molecular weight excluding hydrogens is 371 g/mol. The zero-order chi connectivity index (χ0) is 20.1. The van der Waals surface area contributed by atoms with Crippen molar-refractivity contribution in [2.24, 2.45) is 7.05 Å². The van der Waals surface area contributed by atoms with Crippen molar-refractivity contribution in [3.63, 3.8) is 0 Å². The van der Waals surface area contributed by atoms with Crippen LogP contribution in [0, 0.1) is 6.92 Å². The fourth-order valence-corrected chi connectivity index (χ4v) is 3.50. The van der Waals surface area contributed by atoms with Crippen molar-refractivity contribution in [1.29, 1.82) is 0 Å².